The lowest BCUT2D eigenvalue weighted by Crippen LogP contribution is -2.12. The fourth-order valence-corrected chi connectivity index (χ4v) is 5.86. The number of carboxylic acid groups (broad SMARTS) is 1. The highest BCUT2D eigenvalue weighted by Gasteiger charge is 2.17. The van der Waals surface area contributed by atoms with E-state index in [9.17, 15) is 9.90 Å². The minimum Gasteiger partial charge on any atom is -0.481 e. The van der Waals surface area contributed by atoms with Gasteiger partial charge in [0.2, 0.25) is 0 Å². The van der Waals surface area contributed by atoms with Gasteiger partial charge in [0.1, 0.15) is 0 Å². The average Bonchev–Trinajstić information content (AvgIpc) is 2.84. The predicted molar refractivity (Wildman–Crippen MR) is 161 cm³/mol. The first-order valence-electron chi connectivity index (χ1n) is 16.7. The minimum atomic E-state index is -0.608. The maximum Gasteiger partial charge on any atom is 0.303 e. The highest BCUT2D eigenvalue weighted by atomic mass is 16.4. The molecule has 2 atom stereocenters. The Labute approximate surface area is 228 Å². The zero-order valence-corrected chi connectivity index (χ0v) is 25.5. The highest BCUT2D eigenvalue weighted by molar-refractivity contribution is 5.66. The average molecular weight is 509 g/mol. The molecule has 0 aliphatic rings. The third kappa shape index (κ3) is 26.5. The van der Waals surface area contributed by atoms with Crippen LogP contribution in [0.3, 0.4) is 0 Å². The van der Waals surface area contributed by atoms with Crippen LogP contribution >= 0.6 is 0 Å². The Morgan fingerprint density at radius 2 is 0.833 bits per heavy atom. The molecule has 1 N–H and O–H groups in total. The first kappa shape index (κ1) is 35.5. The Morgan fingerprint density at radius 1 is 0.500 bits per heavy atom. The predicted octanol–water partition coefficient (Wildman–Crippen LogP) is 12.1. The van der Waals surface area contributed by atoms with Crippen molar-refractivity contribution >= 4 is 5.97 Å². The number of hydrogen-bond acceptors (Lipinski definition) is 1. The summed E-state index contributed by atoms with van der Waals surface area (Å²) in [5.41, 5.74) is 0. The Balaban J connectivity index is 4.31. The first-order chi connectivity index (χ1) is 17.5. The molecule has 0 rings (SSSR count). The third-order valence-electron chi connectivity index (χ3n) is 8.26. The number of unbranched alkanes of at least 4 members (excludes halogenated alkanes) is 16. The van der Waals surface area contributed by atoms with Gasteiger partial charge < -0.3 is 5.11 Å². The van der Waals surface area contributed by atoms with Gasteiger partial charge in [-0.3, -0.25) is 4.79 Å². The number of carboxylic acids is 1. The second-order valence-corrected chi connectivity index (χ2v) is 12.5. The molecule has 2 heteroatoms. The normalized spacial score (nSPS) is 13.4. The summed E-state index contributed by atoms with van der Waals surface area (Å²) in [7, 11) is 0. The van der Waals surface area contributed by atoms with Crippen molar-refractivity contribution in [2.75, 3.05) is 0 Å². The van der Waals surface area contributed by atoms with Crippen molar-refractivity contribution in [3.63, 3.8) is 0 Å². The van der Waals surface area contributed by atoms with E-state index in [1.165, 1.54) is 154 Å². The molecule has 0 saturated carbocycles. The Morgan fingerprint density at radius 3 is 1.22 bits per heavy atom. The fourth-order valence-electron chi connectivity index (χ4n) is 5.86. The van der Waals surface area contributed by atoms with Gasteiger partial charge in [0.05, 0.1) is 0 Å². The largest absolute Gasteiger partial charge is 0.481 e. The number of rotatable bonds is 29. The van der Waals surface area contributed by atoms with Crippen LogP contribution in [0.5, 0.6) is 0 Å². The molecule has 0 aromatic carbocycles. The molecule has 0 saturated heterocycles. The Bertz CT molecular complexity index is 444. The van der Waals surface area contributed by atoms with E-state index in [-0.39, 0.29) is 0 Å². The lowest BCUT2D eigenvalue weighted by molar-refractivity contribution is -0.137. The van der Waals surface area contributed by atoms with Crippen LogP contribution < -0.4 is 0 Å². The second kappa shape index (κ2) is 27.5. The van der Waals surface area contributed by atoms with Gasteiger partial charge in [-0.1, -0.05) is 175 Å². The van der Waals surface area contributed by atoms with Gasteiger partial charge in [-0.25, -0.2) is 0 Å². The van der Waals surface area contributed by atoms with Crippen LogP contribution in [0.2, 0.25) is 0 Å². The summed E-state index contributed by atoms with van der Waals surface area (Å²) in [6, 6.07) is 0. The van der Waals surface area contributed by atoms with E-state index < -0.39 is 5.97 Å². The maximum absolute atomic E-state index is 11.3. The summed E-state index contributed by atoms with van der Waals surface area (Å²) in [4.78, 5) is 11.3. The van der Waals surface area contributed by atoms with Gasteiger partial charge in [0, 0.05) is 6.42 Å². The molecule has 0 heterocycles. The van der Waals surface area contributed by atoms with Crippen LogP contribution in [-0.4, -0.2) is 11.1 Å². The van der Waals surface area contributed by atoms with Crippen LogP contribution in [0.1, 0.15) is 195 Å². The van der Waals surface area contributed by atoms with Crippen molar-refractivity contribution in [1.29, 1.82) is 0 Å². The van der Waals surface area contributed by atoms with E-state index >= 15 is 0 Å². The summed E-state index contributed by atoms with van der Waals surface area (Å²) < 4.78 is 0. The molecule has 2 unspecified atom stereocenters. The Hall–Kier alpha value is -0.530. The monoisotopic (exact) mass is 509 g/mol. The van der Waals surface area contributed by atoms with Crippen molar-refractivity contribution < 1.29 is 9.90 Å². The molecule has 0 bridgehead atoms. The molecule has 216 valence electrons. The van der Waals surface area contributed by atoms with Crippen LogP contribution in [0.15, 0.2) is 0 Å². The lowest BCUT2D eigenvalue weighted by atomic mass is 9.82. The van der Waals surface area contributed by atoms with Gasteiger partial charge >= 0.3 is 5.97 Å². The number of aliphatic carboxylic acids is 1. The van der Waals surface area contributed by atoms with Crippen molar-refractivity contribution in [1.82, 2.24) is 0 Å². The van der Waals surface area contributed by atoms with Gasteiger partial charge in [-0.05, 0) is 30.6 Å². The summed E-state index contributed by atoms with van der Waals surface area (Å²) in [6.45, 7) is 9.24. The van der Waals surface area contributed by atoms with E-state index in [0.29, 0.717) is 12.3 Å². The van der Waals surface area contributed by atoms with Crippen LogP contribution in [0.25, 0.3) is 0 Å². The van der Waals surface area contributed by atoms with Gasteiger partial charge in [0.15, 0.2) is 0 Å². The topological polar surface area (TPSA) is 37.3 Å². The van der Waals surface area contributed by atoms with Gasteiger partial charge in [0.25, 0.3) is 0 Å². The molecule has 0 aliphatic heterocycles. The molecule has 0 fully saturated rings. The van der Waals surface area contributed by atoms with Crippen LogP contribution in [-0.2, 0) is 4.79 Å². The van der Waals surface area contributed by atoms with E-state index in [0.717, 1.165) is 18.3 Å². The van der Waals surface area contributed by atoms with Gasteiger partial charge in [-0.2, -0.15) is 0 Å². The molecule has 0 radical (unpaired) electrons. The van der Waals surface area contributed by atoms with Crippen LogP contribution in [0, 0.1) is 17.8 Å². The molecular formula is C34H68O2. The van der Waals surface area contributed by atoms with E-state index in [1.54, 1.807) is 0 Å². The smallest absolute Gasteiger partial charge is 0.303 e. The van der Waals surface area contributed by atoms with Crippen molar-refractivity contribution in [2.24, 2.45) is 17.8 Å². The second-order valence-electron chi connectivity index (χ2n) is 12.5. The summed E-state index contributed by atoms with van der Waals surface area (Å²) in [6.07, 6.45) is 34.1. The van der Waals surface area contributed by atoms with Crippen molar-refractivity contribution in [2.45, 2.75) is 195 Å². The molecule has 36 heavy (non-hydrogen) atoms. The standard InChI is InChI=1S/C34H68O2/c1-5-7-9-11-18-22-26-32(25-21-10-8-6-2)30-33(28-29-34(35)36)27-23-19-16-14-12-13-15-17-20-24-31(3)4/h31-33H,5-30H2,1-4H3,(H,35,36). The summed E-state index contributed by atoms with van der Waals surface area (Å²) in [5, 5.41) is 9.31. The molecule has 0 spiro atoms. The van der Waals surface area contributed by atoms with E-state index in [1.807, 2.05) is 0 Å². The van der Waals surface area contributed by atoms with E-state index in [4.69, 9.17) is 0 Å². The molecule has 0 amide bonds. The quantitative estimate of drug-likeness (QED) is 0.102. The molecular weight excluding hydrogens is 440 g/mol. The van der Waals surface area contributed by atoms with E-state index in [2.05, 4.69) is 27.7 Å². The first-order valence-corrected chi connectivity index (χ1v) is 16.7. The van der Waals surface area contributed by atoms with Crippen molar-refractivity contribution in [3.8, 4) is 0 Å². The number of carbonyl (C=O) groups is 1. The molecule has 0 aromatic heterocycles. The molecule has 2 nitrogen and oxygen atoms in total. The minimum absolute atomic E-state index is 0.362. The highest BCUT2D eigenvalue weighted by Crippen LogP contribution is 2.30. The Kier molecular flexibility index (Phi) is 27.1. The van der Waals surface area contributed by atoms with Crippen LogP contribution in [0.4, 0.5) is 0 Å². The zero-order chi connectivity index (χ0) is 26.7. The SMILES string of the molecule is CCCCCCCCC(CCCCCC)CC(CCCCCCCCCCCC(C)C)CCC(=O)O. The fraction of sp³-hybridized carbons (Fsp3) is 0.971. The molecule has 0 aliphatic carbocycles. The summed E-state index contributed by atoms with van der Waals surface area (Å²) in [5.74, 6) is 1.70. The zero-order valence-electron chi connectivity index (χ0n) is 25.5. The molecule has 0 aromatic rings. The lowest BCUT2D eigenvalue weighted by Gasteiger charge is -2.24. The maximum atomic E-state index is 11.3. The third-order valence-corrected chi connectivity index (χ3v) is 8.26. The number of hydrogen-bond donors (Lipinski definition) is 1. The van der Waals surface area contributed by atoms with Gasteiger partial charge in [-0.15, -0.1) is 0 Å². The van der Waals surface area contributed by atoms with Crippen molar-refractivity contribution in [3.05, 3.63) is 0 Å². The summed E-state index contributed by atoms with van der Waals surface area (Å²) >= 11 is 0.